The minimum atomic E-state index is -0.315. The third kappa shape index (κ3) is 34.2. The van der Waals surface area contributed by atoms with E-state index < -0.39 is 0 Å². The van der Waals surface area contributed by atoms with Crippen LogP contribution in [0.2, 0.25) is 0 Å². The van der Waals surface area contributed by atoms with Crippen molar-refractivity contribution in [3.63, 3.8) is 0 Å². The summed E-state index contributed by atoms with van der Waals surface area (Å²) in [4.78, 5) is 23.3. The van der Waals surface area contributed by atoms with Crippen LogP contribution < -0.4 is 0 Å². The molecule has 0 amide bonds. The van der Waals surface area contributed by atoms with Gasteiger partial charge in [-0.05, 0) is 0 Å². The van der Waals surface area contributed by atoms with E-state index in [2.05, 4.69) is 0 Å². The van der Waals surface area contributed by atoms with Crippen LogP contribution in [0.25, 0.3) is 0 Å². The van der Waals surface area contributed by atoms with Crippen molar-refractivity contribution in [2.45, 2.75) is 47.5 Å². The van der Waals surface area contributed by atoms with E-state index in [1.165, 1.54) is 0 Å². The Labute approximate surface area is 277 Å². The minimum Gasteiger partial charge on any atom is -0.379 e. The van der Waals surface area contributed by atoms with Gasteiger partial charge in [-0.2, -0.15) is 0 Å². The van der Waals surface area contributed by atoms with Crippen LogP contribution in [0.4, 0.5) is 0 Å². The van der Waals surface area contributed by atoms with Crippen LogP contribution in [0.5, 0.6) is 0 Å². The molecule has 0 aliphatic heterocycles. The first-order valence-electron chi connectivity index (χ1n) is 16.7. The average molecular weight is 669 g/mol. The van der Waals surface area contributed by atoms with E-state index in [1.54, 1.807) is 0 Å². The number of hydrogen-bond donors (Lipinski definition) is 0. The van der Waals surface area contributed by atoms with E-state index in [-0.39, 0.29) is 22.9 Å². The zero-order valence-electron chi connectivity index (χ0n) is 29.4. The summed E-state index contributed by atoms with van der Waals surface area (Å²) in [5, 5.41) is 0. The van der Waals surface area contributed by atoms with Crippen LogP contribution in [0.15, 0.2) is 0 Å². The van der Waals surface area contributed by atoms with E-state index in [0.717, 1.165) is 0 Å². The van der Waals surface area contributed by atoms with Gasteiger partial charge in [0, 0.05) is 24.2 Å². The average Bonchev–Trinajstić information content (AvgIpc) is 3.02. The van der Waals surface area contributed by atoms with Crippen molar-refractivity contribution < 1.29 is 61.7 Å². The first kappa shape index (κ1) is 44.9. The molecular weight excluding hydrogens is 604 g/mol. The fourth-order valence-corrected chi connectivity index (χ4v) is 3.30. The lowest BCUT2D eigenvalue weighted by Crippen LogP contribution is -2.22. The monoisotopic (exact) mass is 668 g/mol. The van der Waals surface area contributed by atoms with Gasteiger partial charge in [-0.25, -0.2) is 0 Å². The van der Waals surface area contributed by atoms with Gasteiger partial charge >= 0.3 is 0 Å². The summed E-state index contributed by atoms with van der Waals surface area (Å²) in [7, 11) is 0. The first-order chi connectivity index (χ1) is 22.2. The molecule has 0 heterocycles. The number of carbonyl (C=O) groups is 2. The fourth-order valence-electron chi connectivity index (χ4n) is 3.30. The highest BCUT2D eigenvalue weighted by molar-refractivity contribution is 5.83. The Hall–Kier alpha value is -1.10. The lowest BCUT2D eigenvalue weighted by Gasteiger charge is -2.16. The van der Waals surface area contributed by atoms with Gasteiger partial charge in [0.05, 0.1) is 145 Å². The van der Waals surface area contributed by atoms with Crippen molar-refractivity contribution >= 4 is 11.6 Å². The van der Waals surface area contributed by atoms with Gasteiger partial charge in [0.25, 0.3) is 0 Å². The largest absolute Gasteiger partial charge is 0.379 e. The second-order valence-electron chi connectivity index (χ2n) is 11.5. The number of hydrogen-bond acceptors (Lipinski definition) is 13. The standard InChI is InChI=1S/C33H64O13/c1-30(2)31(34)6-8-36-10-12-38-14-16-40-18-20-42-22-24-44-26-28-46-29-27-45-25-23-43-21-19-41-17-15-39-13-11-37-9-7-32(35)33(3,4)5/h30H,6-29H2,1-5H3. The summed E-state index contributed by atoms with van der Waals surface area (Å²) in [5.74, 6) is 0.475. The Morgan fingerprint density at radius 1 is 0.370 bits per heavy atom. The molecule has 0 aromatic heterocycles. The molecule has 0 bridgehead atoms. The molecular formula is C33H64O13. The van der Waals surface area contributed by atoms with Crippen LogP contribution in [-0.2, 0) is 61.7 Å². The van der Waals surface area contributed by atoms with Crippen molar-refractivity contribution in [3.8, 4) is 0 Å². The Balaban J connectivity index is 3.11. The molecule has 0 radical (unpaired) electrons. The summed E-state index contributed by atoms with van der Waals surface area (Å²) >= 11 is 0. The smallest absolute Gasteiger partial charge is 0.140 e. The van der Waals surface area contributed by atoms with E-state index in [9.17, 15) is 9.59 Å². The van der Waals surface area contributed by atoms with Gasteiger partial charge in [-0.1, -0.05) is 34.6 Å². The van der Waals surface area contributed by atoms with Crippen LogP contribution in [0.1, 0.15) is 47.5 Å². The molecule has 274 valence electrons. The van der Waals surface area contributed by atoms with Crippen LogP contribution in [0, 0.1) is 11.3 Å². The Kier molecular flexibility index (Phi) is 33.0. The van der Waals surface area contributed by atoms with Gasteiger partial charge in [-0.15, -0.1) is 0 Å². The molecule has 46 heavy (non-hydrogen) atoms. The molecule has 0 unspecified atom stereocenters. The van der Waals surface area contributed by atoms with E-state index >= 15 is 0 Å². The molecule has 0 rings (SSSR count). The third-order valence-corrected chi connectivity index (χ3v) is 6.17. The minimum absolute atomic E-state index is 0.0579. The Morgan fingerprint density at radius 2 is 0.565 bits per heavy atom. The van der Waals surface area contributed by atoms with E-state index in [1.807, 2.05) is 34.6 Å². The highest BCUT2D eigenvalue weighted by atomic mass is 16.6. The molecule has 0 aromatic carbocycles. The zero-order chi connectivity index (χ0) is 34.0. The van der Waals surface area contributed by atoms with Gasteiger partial charge < -0.3 is 52.1 Å². The summed E-state index contributed by atoms with van der Waals surface area (Å²) < 4.78 is 59.9. The molecule has 0 aromatic rings. The zero-order valence-corrected chi connectivity index (χ0v) is 29.4. The molecule has 13 nitrogen and oxygen atoms in total. The van der Waals surface area contributed by atoms with E-state index in [4.69, 9.17) is 52.1 Å². The quantitative estimate of drug-likeness (QED) is 0.0899. The molecule has 13 heteroatoms. The lowest BCUT2D eigenvalue weighted by molar-refractivity contribution is -0.127. The molecule has 0 atom stereocenters. The predicted octanol–water partition coefficient (Wildman–Crippen LogP) is 2.79. The van der Waals surface area contributed by atoms with Crippen molar-refractivity contribution in [1.29, 1.82) is 0 Å². The van der Waals surface area contributed by atoms with Crippen molar-refractivity contribution in [3.05, 3.63) is 0 Å². The third-order valence-electron chi connectivity index (χ3n) is 6.17. The van der Waals surface area contributed by atoms with Gasteiger partial charge in [0.15, 0.2) is 0 Å². The molecule has 0 spiro atoms. The highest BCUT2D eigenvalue weighted by Crippen LogP contribution is 2.16. The fraction of sp³-hybridized carbons (Fsp3) is 0.939. The van der Waals surface area contributed by atoms with Gasteiger partial charge in [0.1, 0.15) is 11.6 Å². The van der Waals surface area contributed by atoms with Crippen molar-refractivity contribution in [2.75, 3.05) is 145 Å². The number of ether oxygens (including phenoxy) is 11. The van der Waals surface area contributed by atoms with Gasteiger partial charge in [-0.3, -0.25) is 9.59 Å². The predicted molar refractivity (Wildman–Crippen MR) is 173 cm³/mol. The normalized spacial score (nSPS) is 12.0. The molecule has 0 aliphatic rings. The first-order valence-corrected chi connectivity index (χ1v) is 16.7. The van der Waals surface area contributed by atoms with Crippen molar-refractivity contribution in [1.82, 2.24) is 0 Å². The number of carbonyl (C=O) groups excluding carboxylic acids is 2. The molecule has 0 saturated heterocycles. The number of Topliss-reactive ketones (excluding diaryl/α,β-unsaturated/α-hetero) is 2. The van der Waals surface area contributed by atoms with E-state index in [0.29, 0.717) is 158 Å². The molecule has 0 aliphatic carbocycles. The number of ketones is 2. The topological polar surface area (TPSA) is 136 Å². The Bertz CT molecular complexity index is 670. The highest BCUT2D eigenvalue weighted by Gasteiger charge is 2.20. The molecule has 0 saturated carbocycles. The van der Waals surface area contributed by atoms with Crippen molar-refractivity contribution in [2.24, 2.45) is 11.3 Å². The number of rotatable bonds is 37. The summed E-state index contributed by atoms with van der Waals surface area (Å²) in [5.41, 5.74) is -0.315. The van der Waals surface area contributed by atoms with Crippen LogP contribution in [0.3, 0.4) is 0 Å². The maximum absolute atomic E-state index is 11.8. The van der Waals surface area contributed by atoms with Crippen LogP contribution >= 0.6 is 0 Å². The Morgan fingerprint density at radius 3 is 0.761 bits per heavy atom. The maximum atomic E-state index is 11.8. The second kappa shape index (κ2) is 33.8. The van der Waals surface area contributed by atoms with Gasteiger partial charge in [0.2, 0.25) is 0 Å². The molecule has 0 N–H and O–H groups in total. The summed E-state index contributed by atoms with van der Waals surface area (Å²) in [6.45, 7) is 20.2. The second-order valence-corrected chi connectivity index (χ2v) is 11.5. The summed E-state index contributed by atoms with van der Waals surface area (Å²) in [6.07, 6.45) is 0.882. The molecule has 0 fully saturated rings. The summed E-state index contributed by atoms with van der Waals surface area (Å²) in [6, 6.07) is 0. The lowest BCUT2D eigenvalue weighted by atomic mass is 9.89. The SMILES string of the molecule is CC(C)C(=O)CCOCCOCCOCCOCCOCCOCCOCCOCCOCCOCCOCCC(=O)C(C)(C)C. The van der Waals surface area contributed by atoms with Crippen LogP contribution in [-0.4, -0.2) is 157 Å². The maximum Gasteiger partial charge on any atom is 0.140 e.